The number of amidine groups is 1. The minimum Gasteiger partial charge on any atom is -0.442 e. The van der Waals surface area contributed by atoms with Crippen molar-refractivity contribution in [3.8, 4) is 0 Å². The molecular formula is C23H27BrClFN4O2S. The van der Waals surface area contributed by atoms with E-state index in [1.165, 1.54) is 17.8 Å². The average molecular weight is 558 g/mol. The van der Waals surface area contributed by atoms with Crippen LogP contribution >= 0.6 is 39.3 Å². The second-order valence-corrected chi connectivity index (χ2v) is 11.8. The molecule has 6 rings (SSSR count). The normalized spacial score (nSPS) is 27.2. The summed E-state index contributed by atoms with van der Waals surface area (Å²) in [5.41, 5.74) is 2.58. The van der Waals surface area contributed by atoms with Gasteiger partial charge in [-0.05, 0) is 75.1 Å². The molecule has 5 aliphatic heterocycles. The Hall–Kier alpha value is -1.45. The van der Waals surface area contributed by atoms with Crippen molar-refractivity contribution in [1.29, 1.82) is 0 Å². The maximum atomic E-state index is 14.8. The number of hydrazine groups is 1. The number of nitrogens with zero attached hydrogens (tertiary/aromatic N) is 4. The topological polar surface area (TPSA) is 48.4 Å². The highest BCUT2D eigenvalue weighted by Gasteiger charge is 2.52. The van der Waals surface area contributed by atoms with E-state index in [4.69, 9.17) is 21.3 Å². The Morgan fingerprint density at radius 1 is 1.30 bits per heavy atom. The molecule has 0 aromatic carbocycles. The van der Waals surface area contributed by atoms with E-state index >= 15 is 0 Å². The monoisotopic (exact) mass is 556 g/mol. The maximum absolute atomic E-state index is 14.8. The van der Waals surface area contributed by atoms with E-state index in [2.05, 4.69) is 15.9 Å². The van der Waals surface area contributed by atoms with Gasteiger partial charge in [-0.2, -0.15) is 0 Å². The van der Waals surface area contributed by atoms with Crippen LogP contribution < -0.4 is 0 Å². The lowest BCUT2D eigenvalue weighted by Gasteiger charge is -2.57. The van der Waals surface area contributed by atoms with Gasteiger partial charge in [-0.1, -0.05) is 11.6 Å². The summed E-state index contributed by atoms with van der Waals surface area (Å²) in [6, 6.07) is 0.0223. The molecule has 6 aliphatic rings. The number of aliphatic imine (C=N–C) groups is 1. The fraction of sp³-hybridized carbons (Fsp3) is 0.565. The highest BCUT2D eigenvalue weighted by atomic mass is 79.9. The van der Waals surface area contributed by atoms with Gasteiger partial charge in [0.1, 0.15) is 23.9 Å². The average Bonchev–Trinajstić information content (AvgIpc) is 2.82. The predicted octanol–water partition coefficient (Wildman–Crippen LogP) is 6.59. The number of halogens is 3. The van der Waals surface area contributed by atoms with Crippen LogP contribution in [0.25, 0.3) is 0 Å². The second-order valence-electron chi connectivity index (χ2n) is 9.76. The largest absolute Gasteiger partial charge is 0.442 e. The molecule has 0 radical (unpaired) electrons. The van der Waals surface area contributed by atoms with Crippen LogP contribution in [0.3, 0.4) is 0 Å². The van der Waals surface area contributed by atoms with Crippen molar-refractivity contribution < 1.29 is 13.9 Å². The summed E-state index contributed by atoms with van der Waals surface area (Å²) in [6.45, 7) is 5.98. The van der Waals surface area contributed by atoms with Crippen molar-refractivity contribution in [2.75, 3.05) is 12.9 Å². The highest BCUT2D eigenvalue weighted by molar-refractivity contribution is 9.12. The zero-order valence-electron chi connectivity index (χ0n) is 19.1. The third kappa shape index (κ3) is 3.74. The van der Waals surface area contributed by atoms with Crippen molar-refractivity contribution in [2.45, 2.75) is 64.5 Å². The lowest BCUT2D eigenvalue weighted by Crippen LogP contribution is -2.64. The molecule has 1 amide bonds. The van der Waals surface area contributed by atoms with Crippen LogP contribution in [0.15, 0.2) is 48.4 Å². The van der Waals surface area contributed by atoms with Crippen LogP contribution in [0.4, 0.5) is 9.18 Å². The van der Waals surface area contributed by atoms with Crippen LogP contribution in [-0.2, 0) is 4.74 Å². The van der Waals surface area contributed by atoms with Crippen molar-refractivity contribution in [1.82, 2.24) is 14.9 Å². The number of hydrogen-bond acceptors (Lipinski definition) is 6. The lowest BCUT2D eigenvalue weighted by atomic mass is 9.74. The number of fused-ring (bicyclic) bond motifs is 3. The summed E-state index contributed by atoms with van der Waals surface area (Å²) in [5, 5.41) is 4.93. The van der Waals surface area contributed by atoms with E-state index in [1.54, 1.807) is 5.01 Å². The summed E-state index contributed by atoms with van der Waals surface area (Å²) < 4.78 is 20.9. The van der Waals surface area contributed by atoms with Crippen molar-refractivity contribution in [3.05, 3.63) is 43.4 Å². The maximum Gasteiger partial charge on any atom is 0.429 e. The molecule has 0 aromatic rings. The molecule has 0 saturated carbocycles. The fourth-order valence-electron chi connectivity index (χ4n) is 5.43. The van der Waals surface area contributed by atoms with Crippen molar-refractivity contribution in [3.63, 3.8) is 0 Å². The zero-order chi connectivity index (χ0) is 23.7. The molecule has 5 heterocycles. The van der Waals surface area contributed by atoms with Gasteiger partial charge in [0.05, 0.1) is 20.6 Å². The molecule has 6 nitrogen and oxygen atoms in total. The summed E-state index contributed by atoms with van der Waals surface area (Å²) in [7, 11) is 0. The van der Waals surface area contributed by atoms with Gasteiger partial charge in [0.2, 0.25) is 0 Å². The van der Waals surface area contributed by atoms with E-state index < -0.39 is 11.4 Å². The molecule has 0 unspecified atom stereocenters. The number of ether oxygens (including phenoxy) is 1. The Kier molecular flexibility index (Phi) is 5.89. The van der Waals surface area contributed by atoms with Gasteiger partial charge in [0.15, 0.2) is 0 Å². The van der Waals surface area contributed by atoms with Gasteiger partial charge in [-0.15, -0.1) is 11.8 Å². The van der Waals surface area contributed by atoms with Gasteiger partial charge in [-0.25, -0.2) is 19.2 Å². The minimum atomic E-state index is -0.568. The van der Waals surface area contributed by atoms with Crippen molar-refractivity contribution in [2.24, 2.45) is 10.9 Å². The molecule has 0 N–H and O–H groups in total. The van der Waals surface area contributed by atoms with E-state index in [9.17, 15) is 9.18 Å². The Labute approximate surface area is 211 Å². The smallest absolute Gasteiger partial charge is 0.429 e. The molecule has 1 aliphatic carbocycles. The molecule has 0 spiro atoms. The van der Waals surface area contributed by atoms with Gasteiger partial charge < -0.3 is 4.74 Å². The van der Waals surface area contributed by atoms with Crippen LogP contribution in [0.2, 0.25) is 0 Å². The summed E-state index contributed by atoms with van der Waals surface area (Å²) in [5.74, 6) is 0.602. The minimum absolute atomic E-state index is 0.0223. The number of hydrogen-bond donors (Lipinski definition) is 0. The molecular weight excluding hydrogens is 531 g/mol. The van der Waals surface area contributed by atoms with Gasteiger partial charge >= 0.3 is 6.09 Å². The molecule has 10 heteroatoms. The van der Waals surface area contributed by atoms with E-state index in [0.717, 1.165) is 53.5 Å². The number of allylic oxidation sites excluding steroid dienone is 6. The highest BCUT2D eigenvalue weighted by Crippen LogP contribution is 2.51. The number of carbonyl (C=O) groups is 1. The number of carbonyl (C=O) groups excluding carboxylic acids is 1. The number of rotatable bonds is 1. The quantitative estimate of drug-likeness (QED) is 0.364. The summed E-state index contributed by atoms with van der Waals surface area (Å²) >= 11 is 11.5. The Morgan fingerprint density at radius 3 is 2.76 bits per heavy atom. The van der Waals surface area contributed by atoms with Crippen LogP contribution in [0.1, 0.15) is 52.9 Å². The summed E-state index contributed by atoms with van der Waals surface area (Å²) in [6.07, 6.45) is 7.40. The molecule has 2 atom stereocenters. The third-order valence-corrected chi connectivity index (χ3v) is 8.76. The summed E-state index contributed by atoms with van der Waals surface area (Å²) in [4.78, 5) is 20.2. The molecule has 33 heavy (non-hydrogen) atoms. The standard InChI is InChI=1S/C23H27BrClFN4O2S/c1-23(2,3)32-22(31)30-14-8-9-15-18-12(14)6-5-7-16-20(25)19(24)13(26)10-17(33-4)29(16)21(18)27-11-28(15)30/h10,12,14H,5-9,11H2,1-4H3/t12-,14-/m0/s1. The first-order chi connectivity index (χ1) is 15.6. The van der Waals surface area contributed by atoms with E-state index in [-0.39, 0.29) is 22.5 Å². The van der Waals surface area contributed by atoms with Crippen LogP contribution in [0, 0.1) is 5.92 Å². The Bertz CT molecular complexity index is 1080. The van der Waals surface area contributed by atoms with Crippen molar-refractivity contribution >= 4 is 51.2 Å². The van der Waals surface area contributed by atoms with E-state index in [1.807, 2.05) is 36.9 Å². The Balaban J connectivity index is 1.62. The Morgan fingerprint density at radius 2 is 2.06 bits per heavy atom. The SMILES string of the molecule is CSC1=CC(F)=C(Br)C(Cl)=C2CCC[C@@H]3C4=C5CC[C@@H]3N(C(=O)OC(C)(C)C)N5CN=C4N12. The zero-order valence-corrected chi connectivity index (χ0v) is 22.3. The van der Waals surface area contributed by atoms with E-state index in [0.29, 0.717) is 18.1 Å². The number of thioether (sulfide) groups is 1. The van der Waals surface area contributed by atoms with Crippen LogP contribution in [-0.4, -0.2) is 51.4 Å². The third-order valence-electron chi connectivity index (χ3n) is 6.63. The van der Waals surface area contributed by atoms with Gasteiger partial charge in [0.25, 0.3) is 0 Å². The van der Waals surface area contributed by atoms with Gasteiger partial charge in [-0.3, -0.25) is 9.91 Å². The number of amides is 1. The van der Waals surface area contributed by atoms with Gasteiger partial charge in [0, 0.05) is 29.0 Å². The lowest BCUT2D eigenvalue weighted by molar-refractivity contribution is -0.0951. The first kappa shape index (κ1) is 23.3. The molecule has 2 fully saturated rings. The first-order valence-electron chi connectivity index (χ1n) is 11.2. The first-order valence-corrected chi connectivity index (χ1v) is 13.6. The predicted molar refractivity (Wildman–Crippen MR) is 133 cm³/mol. The molecule has 178 valence electrons. The molecule has 4 bridgehead atoms. The second kappa shape index (κ2) is 8.34. The van der Waals surface area contributed by atoms with Crippen LogP contribution in [0.5, 0.6) is 0 Å². The molecule has 2 saturated heterocycles. The molecule has 0 aromatic heterocycles. The fourth-order valence-corrected chi connectivity index (χ4v) is 6.64.